The van der Waals surface area contributed by atoms with Crippen molar-refractivity contribution in [2.75, 3.05) is 26.8 Å². The van der Waals surface area contributed by atoms with E-state index in [-0.39, 0.29) is 18.6 Å². The lowest BCUT2D eigenvalue weighted by Crippen LogP contribution is -2.44. The average molecular weight is 200 g/mol. The molecule has 1 unspecified atom stereocenters. The van der Waals surface area contributed by atoms with Crippen molar-refractivity contribution in [3.05, 3.63) is 0 Å². The molecule has 1 rings (SSSR count). The zero-order valence-electron chi connectivity index (χ0n) is 8.84. The fourth-order valence-electron chi connectivity index (χ4n) is 1.72. The van der Waals surface area contributed by atoms with E-state index in [0.29, 0.717) is 0 Å². The Labute approximate surface area is 85.4 Å². The monoisotopic (exact) mass is 200 g/mol. The van der Waals surface area contributed by atoms with Crippen molar-refractivity contribution >= 4 is 5.91 Å². The summed E-state index contributed by atoms with van der Waals surface area (Å²) in [5.74, 6) is -0.0140. The Morgan fingerprint density at radius 1 is 1.50 bits per heavy atom. The number of nitrogens with one attached hydrogen (secondary N) is 2. The summed E-state index contributed by atoms with van der Waals surface area (Å²) in [4.78, 5) is 11.2. The van der Waals surface area contributed by atoms with E-state index in [2.05, 4.69) is 10.6 Å². The van der Waals surface area contributed by atoms with E-state index in [9.17, 15) is 4.79 Å². The summed E-state index contributed by atoms with van der Waals surface area (Å²) in [6.07, 6.45) is 4.78. The van der Waals surface area contributed by atoms with Gasteiger partial charge in [-0.25, -0.2) is 0 Å². The van der Waals surface area contributed by atoms with Crippen molar-refractivity contribution in [1.29, 1.82) is 0 Å². The predicted octanol–water partition coefficient (Wildman–Crippen LogP) is 0.281. The van der Waals surface area contributed by atoms with Gasteiger partial charge in [-0.1, -0.05) is 12.8 Å². The molecule has 0 aromatic carbocycles. The van der Waals surface area contributed by atoms with Gasteiger partial charge in [0.25, 0.3) is 0 Å². The zero-order valence-corrected chi connectivity index (χ0v) is 8.84. The summed E-state index contributed by atoms with van der Waals surface area (Å²) >= 11 is 0. The van der Waals surface area contributed by atoms with Crippen LogP contribution in [0.5, 0.6) is 0 Å². The first-order valence-electron chi connectivity index (χ1n) is 5.32. The minimum absolute atomic E-state index is 0.0140. The van der Waals surface area contributed by atoms with Gasteiger partial charge < -0.3 is 15.4 Å². The highest BCUT2D eigenvalue weighted by Crippen LogP contribution is 2.05. The minimum atomic E-state index is -0.0140. The van der Waals surface area contributed by atoms with Gasteiger partial charge in [0, 0.05) is 19.7 Å². The smallest absolute Gasteiger partial charge is 0.246 e. The molecule has 1 aliphatic heterocycles. The second-order valence-corrected chi connectivity index (χ2v) is 3.75. The number of hydrogen-bond donors (Lipinski definition) is 2. The van der Waals surface area contributed by atoms with Gasteiger partial charge in [-0.2, -0.15) is 0 Å². The highest BCUT2D eigenvalue weighted by molar-refractivity contribution is 5.77. The Bertz CT molecular complexity index is 166. The molecule has 14 heavy (non-hydrogen) atoms. The van der Waals surface area contributed by atoms with Crippen LogP contribution < -0.4 is 10.6 Å². The lowest BCUT2D eigenvalue weighted by Gasteiger charge is -2.21. The number of amides is 1. The van der Waals surface area contributed by atoms with Gasteiger partial charge in [0.05, 0.1) is 0 Å². The van der Waals surface area contributed by atoms with Crippen molar-refractivity contribution in [2.24, 2.45) is 0 Å². The second kappa shape index (κ2) is 6.79. The Morgan fingerprint density at radius 2 is 2.36 bits per heavy atom. The number of carbonyl (C=O) groups is 1. The number of ether oxygens (including phenoxy) is 1. The second-order valence-electron chi connectivity index (χ2n) is 3.75. The summed E-state index contributed by atoms with van der Waals surface area (Å²) in [6, 6.07) is 0.276. The summed E-state index contributed by atoms with van der Waals surface area (Å²) in [5, 5.41) is 6.29. The van der Waals surface area contributed by atoms with Crippen molar-refractivity contribution in [2.45, 2.75) is 31.7 Å². The van der Waals surface area contributed by atoms with Gasteiger partial charge in [0.1, 0.15) is 6.61 Å². The third-order valence-corrected chi connectivity index (χ3v) is 2.44. The summed E-state index contributed by atoms with van der Waals surface area (Å²) in [7, 11) is 1.54. The standard InChI is InChI=1S/C10H20N2O2/c1-14-8-10(13)12-9-5-3-2-4-6-11-7-9/h9,11H,2-8H2,1H3,(H,12,13). The maximum Gasteiger partial charge on any atom is 0.246 e. The fraction of sp³-hybridized carbons (Fsp3) is 0.900. The normalized spacial score (nSPS) is 23.6. The lowest BCUT2D eigenvalue weighted by molar-refractivity contribution is -0.125. The maximum absolute atomic E-state index is 11.2. The average Bonchev–Trinajstić information content (AvgIpc) is 2.10. The molecule has 0 radical (unpaired) electrons. The van der Waals surface area contributed by atoms with Gasteiger partial charge in [0.15, 0.2) is 0 Å². The van der Waals surface area contributed by atoms with Gasteiger partial charge in [-0.05, 0) is 19.4 Å². The molecule has 1 heterocycles. The summed E-state index contributed by atoms with van der Waals surface area (Å²) in [6.45, 7) is 2.11. The summed E-state index contributed by atoms with van der Waals surface area (Å²) in [5.41, 5.74) is 0. The Balaban J connectivity index is 2.22. The van der Waals surface area contributed by atoms with Crippen molar-refractivity contribution in [3.8, 4) is 0 Å². The zero-order chi connectivity index (χ0) is 10.2. The van der Waals surface area contributed by atoms with Crippen molar-refractivity contribution in [1.82, 2.24) is 10.6 Å². The van der Waals surface area contributed by atoms with E-state index >= 15 is 0 Å². The third kappa shape index (κ3) is 4.58. The molecule has 0 aromatic rings. The molecule has 1 aliphatic rings. The van der Waals surface area contributed by atoms with E-state index in [0.717, 1.165) is 19.5 Å². The lowest BCUT2D eigenvalue weighted by atomic mass is 10.1. The predicted molar refractivity (Wildman–Crippen MR) is 55.1 cm³/mol. The van der Waals surface area contributed by atoms with Crippen molar-refractivity contribution in [3.63, 3.8) is 0 Å². The van der Waals surface area contributed by atoms with Crippen LogP contribution in [-0.2, 0) is 9.53 Å². The van der Waals surface area contributed by atoms with Crippen LogP contribution in [0.1, 0.15) is 25.7 Å². The Hall–Kier alpha value is -0.610. The van der Waals surface area contributed by atoms with E-state index in [4.69, 9.17) is 4.74 Å². The first-order valence-corrected chi connectivity index (χ1v) is 5.32. The Kier molecular flexibility index (Phi) is 5.56. The highest BCUT2D eigenvalue weighted by atomic mass is 16.5. The number of carbonyl (C=O) groups excluding carboxylic acids is 1. The van der Waals surface area contributed by atoms with Crippen LogP contribution in [0.2, 0.25) is 0 Å². The van der Waals surface area contributed by atoms with Gasteiger partial charge in [-0.3, -0.25) is 4.79 Å². The maximum atomic E-state index is 11.2. The quantitative estimate of drug-likeness (QED) is 0.688. The van der Waals surface area contributed by atoms with Crippen LogP contribution >= 0.6 is 0 Å². The summed E-state index contributed by atoms with van der Waals surface area (Å²) < 4.78 is 4.77. The molecule has 0 bridgehead atoms. The van der Waals surface area contributed by atoms with Crippen LogP contribution in [0.15, 0.2) is 0 Å². The Morgan fingerprint density at radius 3 is 3.14 bits per heavy atom. The van der Waals surface area contributed by atoms with Crippen LogP contribution in [-0.4, -0.2) is 38.8 Å². The molecule has 2 N–H and O–H groups in total. The molecule has 1 saturated heterocycles. The molecule has 4 nitrogen and oxygen atoms in total. The van der Waals surface area contributed by atoms with Crippen LogP contribution in [0.25, 0.3) is 0 Å². The molecular formula is C10H20N2O2. The number of hydrogen-bond acceptors (Lipinski definition) is 3. The number of rotatable bonds is 3. The first kappa shape index (κ1) is 11.5. The molecule has 0 saturated carbocycles. The molecule has 1 atom stereocenters. The third-order valence-electron chi connectivity index (χ3n) is 2.44. The molecular weight excluding hydrogens is 180 g/mol. The van der Waals surface area contributed by atoms with Gasteiger partial charge in [-0.15, -0.1) is 0 Å². The van der Waals surface area contributed by atoms with E-state index < -0.39 is 0 Å². The van der Waals surface area contributed by atoms with E-state index in [1.54, 1.807) is 0 Å². The highest BCUT2D eigenvalue weighted by Gasteiger charge is 2.12. The van der Waals surface area contributed by atoms with E-state index in [1.165, 1.54) is 26.4 Å². The molecule has 1 fully saturated rings. The van der Waals surface area contributed by atoms with Crippen LogP contribution in [0.4, 0.5) is 0 Å². The molecule has 0 spiro atoms. The number of methoxy groups -OCH3 is 1. The molecule has 82 valence electrons. The largest absolute Gasteiger partial charge is 0.375 e. The molecule has 0 aliphatic carbocycles. The SMILES string of the molecule is COCC(=O)NC1CCCCCNC1. The van der Waals surface area contributed by atoms with Crippen LogP contribution in [0, 0.1) is 0 Å². The molecule has 0 aromatic heterocycles. The molecule has 1 amide bonds. The van der Waals surface area contributed by atoms with Crippen molar-refractivity contribution < 1.29 is 9.53 Å². The van der Waals surface area contributed by atoms with Crippen LogP contribution in [0.3, 0.4) is 0 Å². The fourth-order valence-corrected chi connectivity index (χ4v) is 1.72. The minimum Gasteiger partial charge on any atom is -0.375 e. The van der Waals surface area contributed by atoms with E-state index in [1.807, 2.05) is 0 Å². The van der Waals surface area contributed by atoms with Gasteiger partial charge in [0.2, 0.25) is 5.91 Å². The van der Waals surface area contributed by atoms with Gasteiger partial charge >= 0.3 is 0 Å². The topological polar surface area (TPSA) is 50.4 Å². The first-order chi connectivity index (χ1) is 6.83. The molecule has 4 heteroatoms.